The summed E-state index contributed by atoms with van der Waals surface area (Å²) in [5.74, 6) is 1.05. The number of amides is 1. The molecule has 4 nitrogen and oxygen atoms in total. The molecule has 0 bridgehead atoms. The lowest BCUT2D eigenvalue weighted by Gasteiger charge is -2.23. The molecule has 0 saturated carbocycles. The van der Waals surface area contributed by atoms with E-state index in [1.54, 1.807) is 67.5 Å². The zero-order chi connectivity index (χ0) is 20.1. The molecule has 28 heavy (non-hydrogen) atoms. The van der Waals surface area contributed by atoms with E-state index in [4.69, 9.17) is 27.9 Å². The lowest BCUT2D eigenvalue weighted by molar-refractivity contribution is 0.100. The molecule has 0 heterocycles. The second-order valence-corrected chi connectivity index (χ2v) is 6.85. The second kappa shape index (κ2) is 8.91. The molecule has 0 N–H and O–H groups in total. The van der Waals surface area contributed by atoms with Gasteiger partial charge in [-0.3, -0.25) is 9.69 Å². The van der Waals surface area contributed by atoms with Crippen LogP contribution >= 0.6 is 23.2 Å². The molecule has 0 aliphatic carbocycles. The molecule has 3 rings (SSSR count). The predicted molar refractivity (Wildman–Crippen MR) is 115 cm³/mol. The second-order valence-electron chi connectivity index (χ2n) is 5.98. The van der Waals surface area contributed by atoms with Gasteiger partial charge in [0, 0.05) is 15.6 Å². The Balaban J connectivity index is 2.01. The molecule has 0 unspecified atom stereocenters. The normalized spacial score (nSPS) is 11.2. The average Bonchev–Trinajstić information content (AvgIpc) is 2.70. The number of amidine groups is 1. The third-order valence-electron chi connectivity index (χ3n) is 4.07. The number of benzene rings is 3. The topological polar surface area (TPSA) is 41.9 Å². The molecule has 0 fully saturated rings. The molecule has 3 aromatic carbocycles. The van der Waals surface area contributed by atoms with Crippen LogP contribution < -0.4 is 9.64 Å². The van der Waals surface area contributed by atoms with E-state index < -0.39 is 0 Å². The number of hydrogen-bond acceptors (Lipinski definition) is 3. The summed E-state index contributed by atoms with van der Waals surface area (Å²) in [5.41, 5.74) is 1.88. The SMILES string of the molecule is COc1ccc(N=C(C)N(C(=O)c2ccc(Cl)cc2)c2ccc(Cl)cc2)cc1. The largest absolute Gasteiger partial charge is 0.497 e. The number of carbonyl (C=O) groups excluding carboxylic acids is 1. The summed E-state index contributed by atoms with van der Waals surface area (Å²) < 4.78 is 5.17. The van der Waals surface area contributed by atoms with Crippen molar-refractivity contribution in [2.24, 2.45) is 4.99 Å². The Hall–Kier alpha value is -2.82. The Labute approximate surface area is 174 Å². The van der Waals surface area contributed by atoms with Crippen LogP contribution in [0.4, 0.5) is 11.4 Å². The highest BCUT2D eigenvalue weighted by molar-refractivity contribution is 6.31. The molecule has 6 heteroatoms. The van der Waals surface area contributed by atoms with Crippen LogP contribution in [0.1, 0.15) is 17.3 Å². The zero-order valence-electron chi connectivity index (χ0n) is 15.4. The smallest absolute Gasteiger partial charge is 0.263 e. The van der Waals surface area contributed by atoms with Gasteiger partial charge in [0.2, 0.25) is 0 Å². The van der Waals surface area contributed by atoms with Gasteiger partial charge in [0.15, 0.2) is 0 Å². The molecule has 0 saturated heterocycles. The number of hydrogen-bond donors (Lipinski definition) is 0. The van der Waals surface area contributed by atoms with E-state index in [-0.39, 0.29) is 5.91 Å². The van der Waals surface area contributed by atoms with E-state index in [0.29, 0.717) is 32.8 Å². The van der Waals surface area contributed by atoms with E-state index in [0.717, 1.165) is 5.75 Å². The molecule has 3 aromatic rings. The van der Waals surface area contributed by atoms with Crippen molar-refractivity contribution in [2.45, 2.75) is 6.92 Å². The minimum atomic E-state index is -0.214. The number of carbonyl (C=O) groups is 1. The first kappa shape index (κ1) is 19.9. The van der Waals surface area contributed by atoms with Gasteiger partial charge in [0.05, 0.1) is 18.5 Å². The lowest BCUT2D eigenvalue weighted by atomic mass is 10.1. The van der Waals surface area contributed by atoms with Gasteiger partial charge in [-0.1, -0.05) is 23.2 Å². The maximum absolute atomic E-state index is 13.2. The first-order valence-electron chi connectivity index (χ1n) is 8.53. The first-order chi connectivity index (χ1) is 13.5. The Morgan fingerprint density at radius 1 is 0.857 bits per heavy atom. The number of ether oxygens (including phenoxy) is 1. The van der Waals surface area contributed by atoms with Gasteiger partial charge in [0.1, 0.15) is 11.6 Å². The molecular formula is C22H18Cl2N2O2. The number of anilines is 1. The molecule has 0 radical (unpaired) electrons. The van der Waals surface area contributed by atoms with Gasteiger partial charge in [-0.25, -0.2) is 4.99 Å². The van der Waals surface area contributed by atoms with Gasteiger partial charge in [-0.15, -0.1) is 0 Å². The number of halogens is 2. The fourth-order valence-corrected chi connectivity index (χ4v) is 2.91. The summed E-state index contributed by atoms with van der Waals surface area (Å²) in [4.78, 5) is 19.4. The first-order valence-corrected chi connectivity index (χ1v) is 9.28. The maximum Gasteiger partial charge on any atom is 0.263 e. The Morgan fingerprint density at radius 3 is 1.93 bits per heavy atom. The van der Waals surface area contributed by atoms with Gasteiger partial charge in [-0.05, 0) is 79.7 Å². The third-order valence-corrected chi connectivity index (χ3v) is 4.57. The highest BCUT2D eigenvalue weighted by atomic mass is 35.5. The van der Waals surface area contributed by atoms with Crippen LogP contribution in [0.15, 0.2) is 77.8 Å². The number of methoxy groups -OCH3 is 1. The molecule has 0 spiro atoms. The van der Waals surface area contributed by atoms with E-state index in [9.17, 15) is 4.79 Å². The molecule has 0 aromatic heterocycles. The summed E-state index contributed by atoms with van der Waals surface area (Å²) in [6.07, 6.45) is 0. The van der Waals surface area contributed by atoms with Crippen molar-refractivity contribution in [1.82, 2.24) is 0 Å². The van der Waals surface area contributed by atoms with Crippen LogP contribution in [0.3, 0.4) is 0 Å². The highest BCUT2D eigenvalue weighted by Gasteiger charge is 2.21. The summed E-state index contributed by atoms with van der Waals surface area (Å²) >= 11 is 12.0. The van der Waals surface area contributed by atoms with Crippen LogP contribution in [0.25, 0.3) is 0 Å². The van der Waals surface area contributed by atoms with E-state index in [1.807, 2.05) is 24.3 Å². The molecular weight excluding hydrogens is 395 g/mol. The monoisotopic (exact) mass is 412 g/mol. The number of nitrogens with zero attached hydrogens (tertiary/aromatic N) is 2. The molecule has 0 aliphatic rings. The van der Waals surface area contributed by atoms with Crippen LogP contribution in [0, 0.1) is 0 Å². The molecule has 142 valence electrons. The standard InChI is InChI=1S/C22H18Cl2N2O2/c1-15(25-19-9-13-21(28-2)14-10-19)26(20-11-7-18(24)8-12-20)22(27)16-3-5-17(23)6-4-16/h3-14H,1-2H3. The molecule has 1 amide bonds. The molecule has 0 aliphatic heterocycles. The van der Waals surface area contributed by atoms with E-state index in [2.05, 4.69) is 4.99 Å². The van der Waals surface area contributed by atoms with Crippen molar-refractivity contribution in [3.8, 4) is 5.75 Å². The molecule has 0 atom stereocenters. The average molecular weight is 413 g/mol. The Bertz CT molecular complexity index is 983. The fraction of sp³-hybridized carbons (Fsp3) is 0.0909. The number of rotatable bonds is 4. The van der Waals surface area contributed by atoms with Gasteiger partial charge >= 0.3 is 0 Å². The Morgan fingerprint density at radius 2 is 1.39 bits per heavy atom. The van der Waals surface area contributed by atoms with Crippen LogP contribution in [-0.4, -0.2) is 18.9 Å². The van der Waals surface area contributed by atoms with Crippen molar-refractivity contribution < 1.29 is 9.53 Å². The van der Waals surface area contributed by atoms with Crippen molar-refractivity contribution in [3.05, 3.63) is 88.4 Å². The van der Waals surface area contributed by atoms with Crippen LogP contribution in [0.2, 0.25) is 10.0 Å². The van der Waals surface area contributed by atoms with Crippen molar-refractivity contribution in [1.29, 1.82) is 0 Å². The lowest BCUT2D eigenvalue weighted by Crippen LogP contribution is -2.35. The van der Waals surface area contributed by atoms with Crippen molar-refractivity contribution in [2.75, 3.05) is 12.0 Å². The number of aliphatic imine (C=N–C) groups is 1. The zero-order valence-corrected chi connectivity index (χ0v) is 16.9. The maximum atomic E-state index is 13.2. The van der Waals surface area contributed by atoms with Gasteiger partial charge < -0.3 is 4.74 Å². The van der Waals surface area contributed by atoms with Gasteiger partial charge in [-0.2, -0.15) is 0 Å². The third kappa shape index (κ3) is 4.71. The van der Waals surface area contributed by atoms with E-state index >= 15 is 0 Å². The minimum Gasteiger partial charge on any atom is -0.497 e. The minimum absolute atomic E-state index is 0.214. The summed E-state index contributed by atoms with van der Waals surface area (Å²) in [6, 6.07) is 21.1. The van der Waals surface area contributed by atoms with E-state index in [1.165, 1.54) is 0 Å². The fourth-order valence-electron chi connectivity index (χ4n) is 2.66. The summed E-state index contributed by atoms with van der Waals surface area (Å²) in [7, 11) is 1.61. The van der Waals surface area contributed by atoms with Crippen molar-refractivity contribution in [3.63, 3.8) is 0 Å². The van der Waals surface area contributed by atoms with Gasteiger partial charge in [0.25, 0.3) is 5.91 Å². The predicted octanol–water partition coefficient (Wildman–Crippen LogP) is 6.40. The van der Waals surface area contributed by atoms with Crippen molar-refractivity contribution >= 4 is 46.3 Å². The Kier molecular flexibility index (Phi) is 6.34. The van der Waals surface area contributed by atoms with Crippen LogP contribution in [0.5, 0.6) is 5.75 Å². The quantitative estimate of drug-likeness (QED) is 0.367. The summed E-state index contributed by atoms with van der Waals surface area (Å²) in [6.45, 7) is 1.78. The highest BCUT2D eigenvalue weighted by Crippen LogP contribution is 2.24. The summed E-state index contributed by atoms with van der Waals surface area (Å²) in [5, 5.41) is 1.16. The van der Waals surface area contributed by atoms with Crippen LogP contribution in [-0.2, 0) is 0 Å².